The first-order valence-electron chi connectivity index (χ1n) is 5.08. The van der Waals surface area contributed by atoms with E-state index in [-0.39, 0.29) is 11.9 Å². The summed E-state index contributed by atoms with van der Waals surface area (Å²) in [7, 11) is 0. The highest BCUT2D eigenvalue weighted by molar-refractivity contribution is 5.92. The van der Waals surface area contributed by atoms with Gasteiger partial charge in [-0.1, -0.05) is 18.2 Å². The molecule has 0 aliphatic heterocycles. The maximum atomic E-state index is 11.4. The van der Waals surface area contributed by atoms with E-state index >= 15 is 0 Å². The van der Waals surface area contributed by atoms with Crippen LogP contribution in [0.25, 0.3) is 6.08 Å². The minimum atomic E-state index is -0.144. The van der Waals surface area contributed by atoms with Crippen LogP contribution in [0.4, 0.5) is 5.69 Å². The lowest BCUT2D eigenvalue weighted by Crippen LogP contribution is -2.29. The molecule has 0 bridgehead atoms. The van der Waals surface area contributed by atoms with Gasteiger partial charge >= 0.3 is 0 Å². The summed E-state index contributed by atoms with van der Waals surface area (Å²) in [5, 5.41) is 2.74. The third-order valence-corrected chi connectivity index (χ3v) is 2.06. The Balaban J connectivity index is 2.60. The van der Waals surface area contributed by atoms with E-state index in [0.717, 1.165) is 5.56 Å². The van der Waals surface area contributed by atoms with Crippen LogP contribution in [0, 0.1) is 0 Å². The number of nitrogens with one attached hydrogen (secondary N) is 1. The predicted molar refractivity (Wildman–Crippen MR) is 67.7 cm³/mol. The second kappa shape index (κ2) is 5.75. The number of hydrogen-bond donors (Lipinski definition) is 2. The standard InChI is InChI=1S/C13H16N2O/c1-3-10(2)15-13(16)8-7-11-5-4-6-12(14)9-11/h3-10H,1,14H2,2H3,(H,15,16)/b8-7+. The van der Waals surface area contributed by atoms with Crippen LogP contribution in [0.15, 0.2) is 43.0 Å². The normalized spacial score (nSPS) is 12.3. The molecular formula is C13H16N2O. The predicted octanol–water partition coefficient (Wildman–Crippen LogP) is 1.97. The van der Waals surface area contributed by atoms with Crippen LogP contribution >= 0.6 is 0 Å². The van der Waals surface area contributed by atoms with Crippen LogP contribution in [-0.4, -0.2) is 11.9 Å². The zero-order chi connectivity index (χ0) is 12.0. The Kier molecular flexibility index (Phi) is 4.33. The third kappa shape index (κ3) is 4.00. The molecular weight excluding hydrogens is 200 g/mol. The van der Waals surface area contributed by atoms with E-state index in [1.807, 2.05) is 19.1 Å². The van der Waals surface area contributed by atoms with Crippen LogP contribution in [0.1, 0.15) is 12.5 Å². The number of benzene rings is 1. The highest BCUT2D eigenvalue weighted by atomic mass is 16.1. The van der Waals surface area contributed by atoms with E-state index in [1.165, 1.54) is 6.08 Å². The summed E-state index contributed by atoms with van der Waals surface area (Å²) in [5.41, 5.74) is 7.21. The Labute approximate surface area is 95.7 Å². The van der Waals surface area contributed by atoms with Crippen LogP contribution < -0.4 is 11.1 Å². The molecule has 0 saturated carbocycles. The molecule has 0 radical (unpaired) electrons. The summed E-state index contributed by atoms with van der Waals surface area (Å²) in [5.74, 6) is -0.144. The maximum absolute atomic E-state index is 11.4. The Morgan fingerprint density at radius 2 is 2.31 bits per heavy atom. The average Bonchev–Trinajstić information content (AvgIpc) is 2.26. The van der Waals surface area contributed by atoms with Crippen LogP contribution in [-0.2, 0) is 4.79 Å². The molecule has 0 aliphatic rings. The Bertz CT molecular complexity index is 410. The van der Waals surface area contributed by atoms with Crippen LogP contribution in [0.3, 0.4) is 0 Å². The van der Waals surface area contributed by atoms with E-state index in [1.54, 1.807) is 24.3 Å². The lowest BCUT2D eigenvalue weighted by molar-refractivity contribution is -0.116. The van der Waals surface area contributed by atoms with Crippen molar-refractivity contribution in [3.63, 3.8) is 0 Å². The second-order valence-corrected chi connectivity index (χ2v) is 3.54. The molecule has 1 unspecified atom stereocenters. The summed E-state index contributed by atoms with van der Waals surface area (Å²) in [4.78, 5) is 11.4. The number of nitrogens with two attached hydrogens (primary N) is 1. The zero-order valence-electron chi connectivity index (χ0n) is 9.31. The van der Waals surface area contributed by atoms with Gasteiger partial charge in [0.05, 0.1) is 0 Å². The first kappa shape index (κ1) is 12.0. The van der Waals surface area contributed by atoms with Gasteiger partial charge in [0.25, 0.3) is 0 Å². The molecule has 0 spiro atoms. The molecule has 1 aromatic carbocycles. The van der Waals surface area contributed by atoms with E-state index in [4.69, 9.17) is 5.73 Å². The van der Waals surface area contributed by atoms with Gasteiger partial charge in [-0.25, -0.2) is 0 Å². The van der Waals surface area contributed by atoms with Crippen molar-refractivity contribution < 1.29 is 4.79 Å². The van der Waals surface area contributed by atoms with Crippen molar-refractivity contribution in [1.29, 1.82) is 0 Å². The van der Waals surface area contributed by atoms with Crippen molar-refractivity contribution in [3.8, 4) is 0 Å². The van der Waals surface area contributed by atoms with E-state index in [2.05, 4.69) is 11.9 Å². The first-order valence-corrected chi connectivity index (χ1v) is 5.08. The molecule has 0 heterocycles. The molecule has 0 fully saturated rings. The SMILES string of the molecule is C=CC(C)NC(=O)/C=C/c1cccc(N)c1. The van der Waals surface area contributed by atoms with E-state index in [9.17, 15) is 4.79 Å². The lowest BCUT2D eigenvalue weighted by atomic mass is 10.2. The minimum Gasteiger partial charge on any atom is -0.399 e. The highest BCUT2D eigenvalue weighted by Crippen LogP contribution is 2.07. The summed E-state index contributed by atoms with van der Waals surface area (Å²) in [6, 6.07) is 7.31. The smallest absolute Gasteiger partial charge is 0.244 e. The number of anilines is 1. The molecule has 1 rings (SSSR count). The molecule has 3 nitrogen and oxygen atoms in total. The average molecular weight is 216 g/mol. The van der Waals surface area contributed by atoms with E-state index < -0.39 is 0 Å². The van der Waals surface area contributed by atoms with Gasteiger partial charge in [-0.2, -0.15) is 0 Å². The number of hydrogen-bond acceptors (Lipinski definition) is 2. The highest BCUT2D eigenvalue weighted by Gasteiger charge is 1.98. The number of nitrogen functional groups attached to an aromatic ring is 1. The molecule has 0 aromatic heterocycles. The maximum Gasteiger partial charge on any atom is 0.244 e. The largest absolute Gasteiger partial charge is 0.399 e. The molecule has 1 aromatic rings. The van der Waals surface area contributed by atoms with Gasteiger partial charge in [-0.15, -0.1) is 6.58 Å². The van der Waals surface area contributed by atoms with Crippen molar-refractivity contribution in [2.24, 2.45) is 0 Å². The fourth-order valence-electron chi connectivity index (χ4n) is 1.17. The molecule has 16 heavy (non-hydrogen) atoms. The lowest BCUT2D eigenvalue weighted by Gasteiger charge is -2.05. The Hall–Kier alpha value is -2.03. The summed E-state index contributed by atoms with van der Waals surface area (Å²) in [6.45, 7) is 5.45. The quantitative estimate of drug-likeness (QED) is 0.459. The van der Waals surface area contributed by atoms with Crippen molar-refractivity contribution in [3.05, 3.63) is 48.6 Å². The summed E-state index contributed by atoms with van der Waals surface area (Å²) < 4.78 is 0. The van der Waals surface area contributed by atoms with E-state index in [0.29, 0.717) is 5.69 Å². The molecule has 84 valence electrons. The molecule has 0 aliphatic carbocycles. The van der Waals surface area contributed by atoms with Gasteiger partial charge in [0, 0.05) is 17.8 Å². The second-order valence-electron chi connectivity index (χ2n) is 3.54. The first-order chi connectivity index (χ1) is 7.61. The number of carbonyl (C=O) groups excluding carboxylic acids is 1. The van der Waals surface area contributed by atoms with Gasteiger partial charge < -0.3 is 11.1 Å². The Morgan fingerprint density at radius 3 is 2.94 bits per heavy atom. The molecule has 3 N–H and O–H groups in total. The van der Waals surface area contributed by atoms with Crippen LogP contribution in [0.5, 0.6) is 0 Å². The number of carbonyl (C=O) groups is 1. The summed E-state index contributed by atoms with van der Waals surface area (Å²) >= 11 is 0. The van der Waals surface area contributed by atoms with Gasteiger partial charge in [-0.05, 0) is 30.7 Å². The Morgan fingerprint density at radius 1 is 1.56 bits per heavy atom. The third-order valence-electron chi connectivity index (χ3n) is 2.06. The van der Waals surface area contributed by atoms with Gasteiger partial charge in [-0.3, -0.25) is 4.79 Å². The van der Waals surface area contributed by atoms with Crippen molar-refractivity contribution >= 4 is 17.7 Å². The molecule has 3 heteroatoms. The summed E-state index contributed by atoms with van der Waals surface area (Å²) in [6.07, 6.45) is 4.88. The molecule has 0 saturated heterocycles. The molecule has 1 amide bonds. The van der Waals surface area contributed by atoms with Gasteiger partial charge in [0.2, 0.25) is 5.91 Å². The number of rotatable bonds is 4. The van der Waals surface area contributed by atoms with Gasteiger partial charge in [0.15, 0.2) is 0 Å². The van der Waals surface area contributed by atoms with Gasteiger partial charge in [0.1, 0.15) is 0 Å². The van der Waals surface area contributed by atoms with Crippen molar-refractivity contribution in [2.45, 2.75) is 13.0 Å². The zero-order valence-corrected chi connectivity index (χ0v) is 9.31. The monoisotopic (exact) mass is 216 g/mol. The number of amides is 1. The molecule has 1 atom stereocenters. The van der Waals surface area contributed by atoms with Crippen molar-refractivity contribution in [1.82, 2.24) is 5.32 Å². The minimum absolute atomic E-state index is 0.0296. The fourth-order valence-corrected chi connectivity index (χ4v) is 1.17. The van der Waals surface area contributed by atoms with Crippen molar-refractivity contribution in [2.75, 3.05) is 5.73 Å². The fraction of sp³-hybridized carbons (Fsp3) is 0.154. The van der Waals surface area contributed by atoms with Crippen LogP contribution in [0.2, 0.25) is 0 Å². The topological polar surface area (TPSA) is 55.1 Å².